The first-order valence-corrected chi connectivity index (χ1v) is 8.44. The average molecular weight is 320 g/mol. The van der Waals surface area contributed by atoms with Gasteiger partial charge in [-0.3, -0.25) is 4.79 Å². The summed E-state index contributed by atoms with van der Waals surface area (Å²) in [6.45, 7) is 5.83. The van der Waals surface area contributed by atoms with Gasteiger partial charge >= 0.3 is 0 Å². The van der Waals surface area contributed by atoms with E-state index in [-0.39, 0.29) is 11.2 Å². The van der Waals surface area contributed by atoms with Crippen LogP contribution < -0.4 is 0 Å². The van der Waals surface area contributed by atoms with Crippen molar-refractivity contribution in [3.63, 3.8) is 0 Å². The van der Waals surface area contributed by atoms with E-state index in [2.05, 4.69) is 22.1 Å². The molecule has 1 amide bonds. The Morgan fingerprint density at radius 1 is 1.45 bits per heavy atom. The Morgan fingerprint density at radius 2 is 2.23 bits per heavy atom. The van der Waals surface area contributed by atoms with Crippen LogP contribution in [-0.2, 0) is 4.79 Å². The molecule has 2 aromatic rings. The van der Waals surface area contributed by atoms with Crippen LogP contribution in [0, 0.1) is 5.92 Å². The first-order chi connectivity index (χ1) is 10.6. The van der Waals surface area contributed by atoms with Crippen molar-refractivity contribution in [2.45, 2.75) is 37.2 Å². The lowest BCUT2D eigenvalue weighted by atomic mass is 9.99. The lowest BCUT2D eigenvalue weighted by Crippen LogP contribution is -2.41. The van der Waals surface area contributed by atoms with Crippen molar-refractivity contribution in [1.82, 2.24) is 20.1 Å². The normalized spacial score (nSPS) is 17.6. The Balaban J connectivity index is 1.59. The van der Waals surface area contributed by atoms with Crippen LogP contribution in [0.15, 0.2) is 28.0 Å². The largest absolute Gasteiger partial charge is 0.410 e. The fourth-order valence-corrected chi connectivity index (χ4v) is 3.28. The van der Waals surface area contributed by atoms with Crippen molar-refractivity contribution in [2.24, 2.45) is 5.92 Å². The number of likely N-dealkylation sites (tertiary alicyclic amines) is 1. The molecule has 0 aromatic carbocycles. The molecular weight excluding hydrogens is 300 g/mol. The van der Waals surface area contributed by atoms with Crippen LogP contribution in [0.4, 0.5) is 0 Å². The Kier molecular flexibility index (Phi) is 4.52. The number of hydrogen-bond acceptors (Lipinski definition) is 5. The number of carbonyl (C=O) groups is 1. The molecule has 1 saturated heterocycles. The number of hydrogen-bond donors (Lipinski definition) is 1. The molecule has 0 spiro atoms. The molecule has 1 atom stereocenters. The fraction of sp³-hybridized carbons (Fsp3) is 0.533. The highest BCUT2D eigenvalue weighted by molar-refractivity contribution is 8.00. The van der Waals surface area contributed by atoms with Gasteiger partial charge in [-0.15, -0.1) is 10.2 Å². The fourth-order valence-electron chi connectivity index (χ4n) is 2.52. The number of rotatable bonds is 4. The monoisotopic (exact) mass is 320 g/mol. The Labute approximate surface area is 133 Å². The zero-order valence-corrected chi connectivity index (χ0v) is 13.6. The first kappa shape index (κ1) is 15.1. The number of carbonyl (C=O) groups excluding carboxylic acids is 1. The SMILES string of the molecule is CC1CCN(C(=O)[C@@H](C)Sc2nnc(-c3ccc[nH]3)o2)CC1. The van der Waals surface area contributed by atoms with E-state index >= 15 is 0 Å². The summed E-state index contributed by atoms with van der Waals surface area (Å²) in [5.41, 5.74) is 0.781. The lowest BCUT2D eigenvalue weighted by Gasteiger charge is -2.31. The quantitative estimate of drug-likeness (QED) is 0.877. The number of nitrogens with one attached hydrogen (secondary N) is 1. The minimum atomic E-state index is -0.217. The van der Waals surface area contributed by atoms with Gasteiger partial charge in [-0.05, 0) is 37.8 Å². The summed E-state index contributed by atoms with van der Waals surface area (Å²) in [7, 11) is 0. The van der Waals surface area contributed by atoms with Crippen LogP contribution in [0.5, 0.6) is 0 Å². The smallest absolute Gasteiger partial charge is 0.277 e. The second-order valence-electron chi connectivity index (χ2n) is 5.72. The second kappa shape index (κ2) is 6.56. The summed E-state index contributed by atoms with van der Waals surface area (Å²) in [4.78, 5) is 17.4. The van der Waals surface area contributed by atoms with Gasteiger partial charge in [0.1, 0.15) is 5.69 Å². The van der Waals surface area contributed by atoms with Crippen molar-refractivity contribution in [2.75, 3.05) is 13.1 Å². The number of aromatic amines is 1. The number of aromatic nitrogens is 3. The third-order valence-corrected chi connectivity index (χ3v) is 4.88. The molecule has 7 heteroatoms. The maximum atomic E-state index is 12.5. The third kappa shape index (κ3) is 3.35. The summed E-state index contributed by atoms with van der Waals surface area (Å²) >= 11 is 1.32. The van der Waals surface area contributed by atoms with Crippen LogP contribution in [0.3, 0.4) is 0 Å². The second-order valence-corrected chi connectivity index (χ2v) is 7.02. The molecule has 1 aliphatic heterocycles. The summed E-state index contributed by atoms with van der Waals surface area (Å²) in [6.07, 6.45) is 3.97. The van der Waals surface area contributed by atoms with Crippen molar-refractivity contribution in [1.29, 1.82) is 0 Å². The number of thioether (sulfide) groups is 1. The zero-order chi connectivity index (χ0) is 15.5. The molecule has 1 fully saturated rings. The molecule has 22 heavy (non-hydrogen) atoms. The first-order valence-electron chi connectivity index (χ1n) is 7.56. The van der Waals surface area contributed by atoms with Crippen molar-refractivity contribution >= 4 is 17.7 Å². The highest BCUT2D eigenvalue weighted by Gasteiger charge is 2.26. The number of nitrogens with zero attached hydrogens (tertiary/aromatic N) is 3. The van der Waals surface area contributed by atoms with Gasteiger partial charge in [0.2, 0.25) is 5.91 Å². The van der Waals surface area contributed by atoms with E-state index in [1.807, 2.05) is 24.0 Å². The van der Waals surface area contributed by atoms with Crippen LogP contribution >= 0.6 is 11.8 Å². The maximum Gasteiger partial charge on any atom is 0.277 e. The van der Waals surface area contributed by atoms with Gasteiger partial charge in [0.05, 0.1) is 5.25 Å². The highest BCUT2D eigenvalue weighted by Crippen LogP contribution is 2.27. The molecule has 0 bridgehead atoms. The number of H-pyrrole nitrogens is 1. The van der Waals surface area contributed by atoms with E-state index < -0.39 is 0 Å². The minimum Gasteiger partial charge on any atom is -0.410 e. The summed E-state index contributed by atoms with van der Waals surface area (Å²) in [6, 6.07) is 3.74. The molecule has 0 saturated carbocycles. The van der Waals surface area contributed by atoms with Gasteiger partial charge in [0.25, 0.3) is 11.1 Å². The topological polar surface area (TPSA) is 75.0 Å². The summed E-state index contributed by atoms with van der Waals surface area (Å²) < 4.78 is 5.59. The van der Waals surface area contributed by atoms with E-state index in [1.54, 1.807) is 6.20 Å². The van der Waals surface area contributed by atoms with Gasteiger partial charge in [-0.25, -0.2) is 0 Å². The minimum absolute atomic E-state index is 0.150. The molecule has 1 N–H and O–H groups in total. The molecule has 118 valence electrons. The molecule has 6 nitrogen and oxygen atoms in total. The van der Waals surface area contributed by atoms with E-state index in [0.29, 0.717) is 17.0 Å². The Hall–Kier alpha value is -1.76. The Morgan fingerprint density at radius 3 is 2.91 bits per heavy atom. The van der Waals surface area contributed by atoms with Gasteiger partial charge in [-0.1, -0.05) is 18.7 Å². The van der Waals surface area contributed by atoms with Gasteiger partial charge in [0.15, 0.2) is 0 Å². The average Bonchev–Trinajstić information content (AvgIpc) is 3.18. The molecular formula is C15H20N4O2S. The standard InChI is InChI=1S/C15H20N4O2S/c1-10-5-8-19(9-6-10)14(20)11(2)22-15-18-17-13(21-15)12-4-3-7-16-12/h3-4,7,10-11,16H,5-6,8-9H2,1-2H3/t11-/m1/s1. The predicted octanol–water partition coefficient (Wildman–Crippen LogP) is 2.80. The number of piperidine rings is 1. The summed E-state index contributed by atoms with van der Waals surface area (Å²) in [5, 5.41) is 8.22. The van der Waals surface area contributed by atoms with Gasteiger partial charge in [0, 0.05) is 19.3 Å². The van der Waals surface area contributed by atoms with Crippen LogP contribution in [0.25, 0.3) is 11.6 Å². The third-order valence-electron chi connectivity index (χ3n) is 3.96. The highest BCUT2D eigenvalue weighted by atomic mass is 32.2. The van der Waals surface area contributed by atoms with E-state index in [4.69, 9.17) is 4.42 Å². The molecule has 0 unspecified atom stereocenters. The lowest BCUT2D eigenvalue weighted by molar-refractivity contribution is -0.131. The van der Waals surface area contributed by atoms with Crippen LogP contribution in [0.2, 0.25) is 0 Å². The molecule has 2 aromatic heterocycles. The molecule has 3 heterocycles. The van der Waals surface area contributed by atoms with E-state index in [1.165, 1.54) is 11.8 Å². The zero-order valence-electron chi connectivity index (χ0n) is 12.8. The maximum absolute atomic E-state index is 12.5. The Bertz CT molecular complexity index is 617. The molecule has 3 rings (SSSR count). The van der Waals surface area contributed by atoms with Crippen LogP contribution in [-0.4, -0.2) is 44.3 Å². The molecule has 1 aliphatic rings. The molecule has 0 radical (unpaired) electrons. The van der Waals surface area contributed by atoms with E-state index in [0.717, 1.165) is 31.6 Å². The van der Waals surface area contributed by atoms with Crippen molar-refractivity contribution in [3.8, 4) is 11.6 Å². The predicted molar refractivity (Wildman–Crippen MR) is 84.4 cm³/mol. The van der Waals surface area contributed by atoms with Gasteiger partial charge < -0.3 is 14.3 Å². The van der Waals surface area contributed by atoms with Crippen LogP contribution in [0.1, 0.15) is 26.7 Å². The van der Waals surface area contributed by atoms with Crippen molar-refractivity contribution in [3.05, 3.63) is 18.3 Å². The summed E-state index contributed by atoms with van der Waals surface area (Å²) in [5.74, 6) is 1.31. The van der Waals surface area contributed by atoms with Gasteiger partial charge in [-0.2, -0.15) is 0 Å². The number of amides is 1. The van der Waals surface area contributed by atoms with E-state index in [9.17, 15) is 4.79 Å². The van der Waals surface area contributed by atoms with Crippen molar-refractivity contribution < 1.29 is 9.21 Å². The molecule has 0 aliphatic carbocycles.